The van der Waals surface area contributed by atoms with Gasteiger partial charge in [0.2, 0.25) is 0 Å². The van der Waals surface area contributed by atoms with Crippen LogP contribution in [0.25, 0.3) is 0 Å². The Morgan fingerprint density at radius 3 is 2.30 bits per heavy atom. The van der Waals surface area contributed by atoms with E-state index >= 15 is 0 Å². The van der Waals surface area contributed by atoms with Crippen LogP contribution in [0.1, 0.15) is 22.3 Å². The molecule has 0 unspecified atom stereocenters. The molecule has 0 aliphatic carbocycles. The summed E-state index contributed by atoms with van der Waals surface area (Å²) in [7, 11) is -3.91. The zero-order valence-corrected chi connectivity index (χ0v) is 16.3. The van der Waals surface area contributed by atoms with E-state index in [1.807, 2.05) is 45.0 Å². The summed E-state index contributed by atoms with van der Waals surface area (Å²) in [6.45, 7) is 5.93. The number of hydrogen-bond acceptors (Lipinski definition) is 4. The van der Waals surface area contributed by atoms with Crippen LogP contribution in [0.15, 0.2) is 76.6 Å². The SMILES string of the molecule is Cc1ccc(S(=O)(=O)Oc2ccccc2C=Nc2cccc(C)c2C)cc1. The predicted molar refractivity (Wildman–Crippen MR) is 109 cm³/mol. The van der Waals surface area contributed by atoms with Gasteiger partial charge in [0.05, 0.1) is 5.69 Å². The van der Waals surface area contributed by atoms with Crippen molar-refractivity contribution in [1.29, 1.82) is 0 Å². The second kappa shape index (κ2) is 7.76. The molecule has 3 rings (SSSR count). The standard InChI is InChI=1S/C22H21NO3S/c1-16-11-13-20(14-12-16)27(24,25)26-22-10-5-4-8-19(22)15-23-21-9-6-7-17(2)18(21)3/h4-15H,1-3H3. The lowest BCUT2D eigenvalue weighted by Crippen LogP contribution is -2.10. The normalized spacial score (nSPS) is 11.7. The molecule has 0 aliphatic heterocycles. The summed E-state index contributed by atoms with van der Waals surface area (Å²) in [4.78, 5) is 4.63. The molecule has 0 heterocycles. The maximum atomic E-state index is 12.6. The van der Waals surface area contributed by atoms with Gasteiger partial charge in [-0.2, -0.15) is 8.42 Å². The highest BCUT2D eigenvalue weighted by Gasteiger charge is 2.17. The molecule has 0 saturated heterocycles. The Kier molecular flexibility index (Phi) is 5.42. The predicted octanol–water partition coefficient (Wildman–Crippen LogP) is 5.13. The van der Waals surface area contributed by atoms with Gasteiger partial charge in [0.15, 0.2) is 5.75 Å². The van der Waals surface area contributed by atoms with E-state index in [2.05, 4.69) is 4.99 Å². The van der Waals surface area contributed by atoms with Gasteiger partial charge in [-0.25, -0.2) is 0 Å². The van der Waals surface area contributed by atoms with Gasteiger partial charge in [0, 0.05) is 11.8 Å². The van der Waals surface area contributed by atoms with Crippen LogP contribution in [0, 0.1) is 20.8 Å². The molecule has 3 aromatic carbocycles. The maximum absolute atomic E-state index is 12.6. The Labute approximate surface area is 160 Å². The highest BCUT2D eigenvalue weighted by molar-refractivity contribution is 7.87. The van der Waals surface area contributed by atoms with Crippen LogP contribution in [0.3, 0.4) is 0 Å². The molecule has 27 heavy (non-hydrogen) atoms. The molecular weight excluding hydrogens is 358 g/mol. The van der Waals surface area contributed by atoms with Crippen molar-refractivity contribution in [2.24, 2.45) is 4.99 Å². The van der Waals surface area contributed by atoms with Gasteiger partial charge < -0.3 is 4.18 Å². The largest absolute Gasteiger partial charge is 0.378 e. The van der Waals surface area contributed by atoms with Crippen LogP contribution in [-0.4, -0.2) is 14.6 Å². The van der Waals surface area contributed by atoms with Crippen molar-refractivity contribution in [3.8, 4) is 5.75 Å². The average molecular weight is 379 g/mol. The van der Waals surface area contributed by atoms with Gasteiger partial charge in [-0.1, -0.05) is 42.0 Å². The van der Waals surface area contributed by atoms with E-state index in [0.717, 1.165) is 22.4 Å². The second-order valence-electron chi connectivity index (χ2n) is 6.37. The molecule has 0 atom stereocenters. The molecule has 0 radical (unpaired) electrons. The van der Waals surface area contributed by atoms with Gasteiger partial charge in [0.25, 0.3) is 0 Å². The molecule has 0 saturated carbocycles. The highest BCUT2D eigenvalue weighted by Crippen LogP contribution is 2.25. The summed E-state index contributed by atoms with van der Waals surface area (Å²) < 4.78 is 30.5. The molecule has 0 fully saturated rings. The average Bonchev–Trinajstić information content (AvgIpc) is 2.64. The fourth-order valence-corrected chi connectivity index (χ4v) is 3.50. The summed E-state index contributed by atoms with van der Waals surface area (Å²) in [6, 6.07) is 19.4. The van der Waals surface area contributed by atoms with Crippen LogP contribution < -0.4 is 4.18 Å². The number of benzene rings is 3. The molecule has 5 heteroatoms. The molecule has 0 amide bonds. The summed E-state index contributed by atoms with van der Waals surface area (Å²) >= 11 is 0. The number of para-hydroxylation sites is 1. The van der Waals surface area contributed by atoms with Crippen molar-refractivity contribution in [3.05, 3.63) is 89.0 Å². The Bertz CT molecular complexity index is 1080. The Morgan fingerprint density at radius 1 is 0.852 bits per heavy atom. The van der Waals surface area contributed by atoms with Crippen molar-refractivity contribution in [2.75, 3.05) is 0 Å². The van der Waals surface area contributed by atoms with E-state index in [9.17, 15) is 8.42 Å². The lowest BCUT2D eigenvalue weighted by atomic mass is 10.1. The maximum Gasteiger partial charge on any atom is 0.339 e. The highest BCUT2D eigenvalue weighted by atomic mass is 32.2. The molecule has 3 aromatic rings. The van der Waals surface area contributed by atoms with Crippen LogP contribution in [0.4, 0.5) is 5.69 Å². The zero-order valence-electron chi connectivity index (χ0n) is 15.5. The molecule has 138 valence electrons. The first-order valence-electron chi connectivity index (χ1n) is 8.57. The topological polar surface area (TPSA) is 55.7 Å². The third kappa shape index (κ3) is 4.44. The van der Waals surface area contributed by atoms with E-state index in [1.165, 1.54) is 12.1 Å². The number of hydrogen-bond donors (Lipinski definition) is 0. The monoisotopic (exact) mass is 379 g/mol. The van der Waals surface area contributed by atoms with E-state index in [1.54, 1.807) is 36.5 Å². The van der Waals surface area contributed by atoms with E-state index in [-0.39, 0.29) is 10.6 Å². The second-order valence-corrected chi connectivity index (χ2v) is 7.91. The third-order valence-electron chi connectivity index (χ3n) is 4.35. The van der Waals surface area contributed by atoms with E-state index in [0.29, 0.717) is 5.56 Å². The number of aliphatic imine (C=N–C) groups is 1. The summed E-state index contributed by atoms with van der Waals surface area (Å²) in [5.41, 5.74) is 4.64. The van der Waals surface area contributed by atoms with Crippen molar-refractivity contribution < 1.29 is 12.6 Å². The Balaban J connectivity index is 1.91. The first-order chi connectivity index (χ1) is 12.9. The molecule has 0 N–H and O–H groups in total. The molecule has 0 aliphatic rings. The van der Waals surface area contributed by atoms with E-state index < -0.39 is 10.1 Å². The minimum Gasteiger partial charge on any atom is -0.378 e. The van der Waals surface area contributed by atoms with Gasteiger partial charge >= 0.3 is 10.1 Å². The Morgan fingerprint density at radius 2 is 1.56 bits per heavy atom. The van der Waals surface area contributed by atoms with Crippen molar-refractivity contribution in [2.45, 2.75) is 25.7 Å². The lowest BCUT2D eigenvalue weighted by molar-refractivity contribution is 0.485. The quantitative estimate of drug-likeness (QED) is 0.456. The summed E-state index contributed by atoms with van der Waals surface area (Å²) in [5, 5.41) is 0. The van der Waals surface area contributed by atoms with Crippen molar-refractivity contribution >= 4 is 22.0 Å². The first kappa shape index (κ1) is 18.9. The fourth-order valence-electron chi connectivity index (χ4n) is 2.55. The van der Waals surface area contributed by atoms with Crippen molar-refractivity contribution in [1.82, 2.24) is 0 Å². The van der Waals surface area contributed by atoms with Crippen LogP contribution in [-0.2, 0) is 10.1 Å². The lowest BCUT2D eigenvalue weighted by Gasteiger charge is -2.10. The summed E-state index contributed by atoms with van der Waals surface area (Å²) in [5.74, 6) is 0.243. The van der Waals surface area contributed by atoms with Gasteiger partial charge in [0.1, 0.15) is 4.90 Å². The van der Waals surface area contributed by atoms with Gasteiger partial charge in [-0.15, -0.1) is 0 Å². The fraction of sp³-hybridized carbons (Fsp3) is 0.136. The number of aryl methyl sites for hydroxylation is 2. The molecule has 0 aromatic heterocycles. The van der Waals surface area contributed by atoms with Gasteiger partial charge in [-0.05, 0) is 62.2 Å². The minimum atomic E-state index is -3.91. The minimum absolute atomic E-state index is 0.120. The number of nitrogens with zero attached hydrogens (tertiary/aromatic N) is 1. The molecular formula is C22H21NO3S. The van der Waals surface area contributed by atoms with Crippen LogP contribution >= 0.6 is 0 Å². The van der Waals surface area contributed by atoms with Crippen LogP contribution in [0.5, 0.6) is 5.75 Å². The van der Waals surface area contributed by atoms with Crippen molar-refractivity contribution in [3.63, 3.8) is 0 Å². The summed E-state index contributed by atoms with van der Waals surface area (Å²) in [6.07, 6.45) is 1.63. The third-order valence-corrected chi connectivity index (χ3v) is 5.60. The number of rotatable bonds is 5. The van der Waals surface area contributed by atoms with E-state index in [4.69, 9.17) is 4.18 Å². The Hall–Kier alpha value is -2.92. The van der Waals surface area contributed by atoms with Crippen LogP contribution in [0.2, 0.25) is 0 Å². The molecule has 0 bridgehead atoms. The first-order valence-corrected chi connectivity index (χ1v) is 9.98. The molecule has 4 nitrogen and oxygen atoms in total. The molecule has 0 spiro atoms. The zero-order chi connectivity index (χ0) is 19.4. The smallest absolute Gasteiger partial charge is 0.339 e. The van der Waals surface area contributed by atoms with Gasteiger partial charge in [-0.3, -0.25) is 4.99 Å².